The fraction of sp³-hybridized carbons (Fsp3) is 0.286. The first-order chi connectivity index (χ1) is 14.1. The number of amides is 1. The molecule has 29 heavy (non-hydrogen) atoms. The number of rotatable bonds is 9. The molecule has 0 aliphatic heterocycles. The van der Waals surface area contributed by atoms with Gasteiger partial charge in [-0.15, -0.1) is 10.2 Å². The Labute approximate surface area is 179 Å². The van der Waals surface area contributed by atoms with Crippen molar-refractivity contribution in [2.24, 2.45) is 0 Å². The molecule has 0 saturated heterocycles. The molecule has 2 aromatic carbocycles. The summed E-state index contributed by atoms with van der Waals surface area (Å²) in [6.45, 7) is 2.78. The van der Waals surface area contributed by atoms with Crippen LogP contribution in [0.3, 0.4) is 0 Å². The van der Waals surface area contributed by atoms with E-state index in [1.54, 1.807) is 13.2 Å². The summed E-state index contributed by atoms with van der Waals surface area (Å²) < 4.78 is 7.16. The maximum atomic E-state index is 12.1. The van der Waals surface area contributed by atoms with Gasteiger partial charge in [0.1, 0.15) is 5.75 Å². The SMILES string of the molecule is CCCCNC(=O)CSc1nnc(-c2ccccc2)n1-c1ccc(OC)c(Cl)c1. The Balaban J connectivity index is 1.92. The number of methoxy groups -OCH3 is 1. The molecule has 0 saturated carbocycles. The van der Waals surface area contributed by atoms with Crippen molar-refractivity contribution in [3.8, 4) is 22.8 Å². The second kappa shape index (κ2) is 10.3. The lowest BCUT2D eigenvalue weighted by Crippen LogP contribution is -2.26. The molecule has 0 bridgehead atoms. The minimum absolute atomic E-state index is 0.0213. The Kier molecular flexibility index (Phi) is 7.55. The number of hydrogen-bond acceptors (Lipinski definition) is 5. The molecule has 3 aromatic rings. The molecule has 1 N–H and O–H groups in total. The van der Waals surface area contributed by atoms with Crippen LogP contribution in [0.25, 0.3) is 17.1 Å². The van der Waals surface area contributed by atoms with E-state index in [0.717, 1.165) is 24.1 Å². The first-order valence-corrected chi connectivity index (χ1v) is 10.7. The van der Waals surface area contributed by atoms with Gasteiger partial charge < -0.3 is 10.1 Å². The molecule has 0 fully saturated rings. The fourth-order valence-electron chi connectivity index (χ4n) is 2.75. The van der Waals surface area contributed by atoms with Gasteiger partial charge in [0.25, 0.3) is 0 Å². The second-order valence-electron chi connectivity index (χ2n) is 6.32. The third kappa shape index (κ3) is 5.31. The van der Waals surface area contributed by atoms with Crippen LogP contribution in [0.5, 0.6) is 5.75 Å². The summed E-state index contributed by atoms with van der Waals surface area (Å²) in [6, 6.07) is 15.3. The van der Waals surface area contributed by atoms with Crippen LogP contribution >= 0.6 is 23.4 Å². The smallest absolute Gasteiger partial charge is 0.230 e. The van der Waals surface area contributed by atoms with E-state index in [9.17, 15) is 4.79 Å². The average molecular weight is 431 g/mol. The maximum absolute atomic E-state index is 12.1. The van der Waals surface area contributed by atoms with Crippen molar-refractivity contribution in [1.82, 2.24) is 20.1 Å². The molecule has 8 heteroatoms. The molecular weight excluding hydrogens is 408 g/mol. The molecule has 3 rings (SSSR count). The van der Waals surface area contributed by atoms with Gasteiger partial charge in [-0.05, 0) is 24.6 Å². The number of carbonyl (C=O) groups excluding carboxylic acids is 1. The van der Waals surface area contributed by atoms with E-state index >= 15 is 0 Å². The minimum atomic E-state index is -0.0213. The Morgan fingerprint density at radius 2 is 2.00 bits per heavy atom. The Morgan fingerprint density at radius 3 is 2.69 bits per heavy atom. The molecule has 0 unspecified atom stereocenters. The molecule has 1 aromatic heterocycles. The highest BCUT2D eigenvalue weighted by Gasteiger charge is 2.18. The quantitative estimate of drug-likeness (QED) is 0.396. The van der Waals surface area contributed by atoms with E-state index in [1.165, 1.54) is 11.8 Å². The number of benzene rings is 2. The van der Waals surface area contributed by atoms with Gasteiger partial charge >= 0.3 is 0 Å². The van der Waals surface area contributed by atoms with Gasteiger partial charge in [0.15, 0.2) is 11.0 Å². The van der Waals surface area contributed by atoms with E-state index in [1.807, 2.05) is 47.0 Å². The monoisotopic (exact) mass is 430 g/mol. The van der Waals surface area contributed by atoms with Crippen LogP contribution < -0.4 is 10.1 Å². The van der Waals surface area contributed by atoms with Gasteiger partial charge in [-0.2, -0.15) is 0 Å². The molecule has 6 nitrogen and oxygen atoms in total. The summed E-state index contributed by atoms with van der Waals surface area (Å²) in [5, 5.41) is 12.7. The van der Waals surface area contributed by atoms with Crippen LogP contribution in [-0.2, 0) is 4.79 Å². The lowest BCUT2D eigenvalue weighted by Gasteiger charge is -2.12. The number of ether oxygens (including phenoxy) is 1. The van der Waals surface area contributed by atoms with Gasteiger partial charge in [-0.1, -0.05) is 67.0 Å². The number of nitrogens with zero attached hydrogens (tertiary/aromatic N) is 3. The number of unbranched alkanes of at least 4 members (excludes halogenated alkanes) is 1. The van der Waals surface area contributed by atoms with Crippen molar-refractivity contribution in [3.05, 3.63) is 53.6 Å². The Hall–Kier alpha value is -2.51. The highest BCUT2D eigenvalue weighted by Crippen LogP contribution is 2.32. The lowest BCUT2D eigenvalue weighted by atomic mass is 10.2. The van der Waals surface area contributed by atoms with Crippen LogP contribution in [0.15, 0.2) is 53.7 Å². The largest absolute Gasteiger partial charge is 0.495 e. The van der Waals surface area contributed by atoms with Gasteiger partial charge in [0.2, 0.25) is 5.91 Å². The van der Waals surface area contributed by atoms with Crippen LogP contribution in [0.2, 0.25) is 5.02 Å². The number of aromatic nitrogens is 3. The van der Waals surface area contributed by atoms with Crippen LogP contribution in [0.1, 0.15) is 19.8 Å². The highest BCUT2D eigenvalue weighted by atomic mass is 35.5. The van der Waals surface area contributed by atoms with Crippen molar-refractivity contribution >= 4 is 29.3 Å². The van der Waals surface area contributed by atoms with Crippen LogP contribution in [-0.4, -0.2) is 40.1 Å². The standard InChI is InChI=1S/C21H23ClN4O2S/c1-3-4-12-23-19(27)14-29-21-25-24-20(15-8-6-5-7-9-15)26(21)16-10-11-18(28-2)17(22)13-16/h5-11,13H,3-4,12,14H2,1-2H3,(H,23,27). The Bertz CT molecular complexity index is 963. The van der Waals surface area contributed by atoms with Gasteiger partial charge in [-0.3, -0.25) is 9.36 Å². The number of carbonyl (C=O) groups is 1. The van der Waals surface area contributed by atoms with Crippen molar-refractivity contribution in [2.45, 2.75) is 24.9 Å². The van der Waals surface area contributed by atoms with Crippen molar-refractivity contribution < 1.29 is 9.53 Å². The predicted octanol–water partition coefficient (Wildman–Crippen LogP) is 4.60. The third-order valence-corrected chi connectivity index (χ3v) is 5.47. The zero-order chi connectivity index (χ0) is 20.6. The molecular formula is C21H23ClN4O2S. The molecule has 0 aliphatic rings. The van der Waals surface area contributed by atoms with Crippen molar-refractivity contribution in [3.63, 3.8) is 0 Å². The maximum Gasteiger partial charge on any atom is 0.230 e. The Morgan fingerprint density at radius 1 is 1.21 bits per heavy atom. The lowest BCUT2D eigenvalue weighted by molar-refractivity contribution is -0.118. The van der Waals surface area contributed by atoms with Crippen molar-refractivity contribution in [1.29, 1.82) is 0 Å². The molecule has 0 atom stereocenters. The average Bonchev–Trinajstić information content (AvgIpc) is 3.17. The number of halogens is 1. The minimum Gasteiger partial charge on any atom is -0.495 e. The first kappa shape index (κ1) is 21.2. The summed E-state index contributed by atoms with van der Waals surface area (Å²) in [5.74, 6) is 1.52. The van der Waals surface area contributed by atoms with E-state index in [2.05, 4.69) is 22.4 Å². The highest BCUT2D eigenvalue weighted by molar-refractivity contribution is 7.99. The third-order valence-electron chi connectivity index (χ3n) is 4.24. The van der Waals surface area contributed by atoms with Gasteiger partial charge in [0.05, 0.1) is 23.6 Å². The van der Waals surface area contributed by atoms with Crippen LogP contribution in [0.4, 0.5) is 0 Å². The van der Waals surface area contributed by atoms with E-state index in [0.29, 0.717) is 28.3 Å². The topological polar surface area (TPSA) is 69.0 Å². The molecule has 0 radical (unpaired) electrons. The van der Waals surface area contributed by atoms with Crippen molar-refractivity contribution in [2.75, 3.05) is 19.4 Å². The summed E-state index contributed by atoms with van der Waals surface area (Å²) in [5.41, 5.74) is 1.72. The fourth-order valence-corrected chi connectivity index (χ4v) is 3.78. The van der Waals surface area contributed by atoms with Gasteiger partial charge in [-0.25, -0.2) is 0 Å². The zero-order valence-corrected chi connectivity index (χ0v) is 18.0. The summed E-state index contributed by atoms with van der Waals surface area (Å²) in [4.78, 5) is 12.1. The molecule has 0 aliphatic carbocycles. The molecule has 1 heterocycles. The van der Waals surface area contributed by atoms with E-state index in [4.69, 9.17) is 16.3 Å². The zero-order valence-electron chi connectivity index (χ0n) is 16.4. The van der Waals surface area contributed by atoms with E-state index < -0.39 is 0 Å². The number of hydrogen-bond donors (Lipinski definition) is 1. The van der Waals surface area contributed by atoms with Gasteiger partial charge in [0, 0.05) is 12.1 Å². The van der Waals surface area contributed by atoms with E-state index in [-0.39, 0.29) is 11.7 Å². The first-order valence-electron chi connectivity index (χ1n) is 9.38. The van der Waals surface area contributed by atoms with Crippen LogP contribution in [0, 0.1) is 0 Å². The summed E-state index contributed by atoms with van der Waals surface area (Å²) >= 11 is 7.69. The number of nitrogens with one attached hydrogen (secondary N) is 1. The molecule has 0 spiro atoms. The normalized spacial score (nSPS) is 10.7. The molecule has 152 valence electrons. The summed E-state index contributed by atoms with van der Waals surface area (Å²) in [7, 11) is 1.58. The summed E-state index contributed by atoms with van der Waals surface area (Å²) in [6.07, 6.45) is 2.01. The second-order valence-corrected chi connectivity index (χ2v) is 7.67. The molecule has 1 amide bonds. The predicted molar refractivity (Wildman–Crippen MR) is 117 cm³/mol. The number of thioether (sulfide) groups is 1.